The SMILES string of the molecule is O=C(OCCC(F)(F)C(F)(F)C(F)(F)C(F)(F)C(F)(F)C(F)(F)C(F)(F)C(F)(F)F)c1cc(OCCCCCCOc2ccc(-c3ccccc3)cc2)c(OCCCCCCOc2ccc(-c3ccccc3)cc2)c(OCCCCCCOc2ccc(-c3ccccc3)cc2)c1. The first-order valence-electron chi connectivity index (χ1n) is 30.8. The van der Waals surface area contributed by atoms with Crippen LogP contribution in [0.2, 0.25) is 0 Å². The zero-order chi connectivity index (χ0) is 69.7. The molecule has 0 atom stereocenters. The molecule has 0 aliphatic rings. The van der Waals surface area contributed by atoms with Crippen LogP contribution in [0.4, 0.5) is 74.6 Å². The summed E-state index contributed by atoms with van der Waals surface area (Å²) in [7, 11) is 0. The van der Waals surface area contributed by atoms with Crippen LogP contribution in [0.15, 0.2) is 176 Å². The number of unbranched alkanes of at least 4 members (excludes halogenated alkanes) is 9. The maximum atomic E-state index is 15.0. The van der Waals surface area contributed by atoms with Gasteiger partial charge in [-0.15, -0.1) is 0 Å². The monoisotopic (exact) mass is 1370 g/mol. The number of benzene rings is 7. The van der Waals surface area contributed by atoms with Crippen molar-refractivity contribution < 1.29 is 113 Å². The van der Waals surface area contributed by atoms with Crippen molar-refractivity contribution >= 4 is 5.97 Å². The highest BCUT2D eigenvalue weighted by Gasteiger charge is 2.95. The van der Waals surface area contributed by atoms with Crippen LogP contribution in [0.5, 0.6) is 34.5 Å². The van der Waals surface area contributed by atoms with Crippen molar-refractivity contribution in [1.82, 2.24) is 0 Å². The van der Waals surface area contributed by atoms with E-state index in [-0.39, 0.29) is 37.1 Å². The molecule has 0 N–H and O–H groups in total. The minimum absolute atomic E-state index is 0.0174. The Morgan fingerprint density at radius 3 is 0.865 bits per heavy atom. The van der Waals surface area contributed by atoms with Crippen LogP contribution in [0.1, 0.15) is 93.8 Å². The molecule has 0 unspecified atom stereocenters. The van der Waals surface area contributed by atoms with Crippen molar-refractivity contribution in [3.63, 3.8) is 0 Å². The number of carbonyl (C=O) groups excluding carboxylic acids is 1. The molecule has 0 saturated carbocycles. The van der Waals surface area contributed by atoms with Gasteiger partial charge in [-0.3, -0.25) is 0 Å². The fourth-order valence-corrected chi connectivity index (χ4v) is 9.66. The minimum Gasteiger partial charge on any atom is -0.494 e. The van der Waals surface area contributed by atoms with Gasteiger partial charge < -0.3 is 33.2 Å². The lowest BCUT2D eigenvalue weighted by Crippen LogP contribution is -2.74. The number of rotatable bonds is 40. The van der Waals surface area contributed by atoms with Crippen LogP contribution in [-0.2, 0) is 4.74 Å². The molecule has 0 heterocycles. The first-order valence-corrected chi connectivity index (χ1v) is 30.8. The normalized spacial score (nSPS) is 12.7. The Kier molecular flexibility index (Phi) is 26.2. The Hall–Kier alpha value is -8.38. The number of halogens is 17. The topological polar surface area (TPSA) is 81.7 Å². The van der Waals surface area contributed by atoms with Crippen LogP contribution in [0.25, 0.3) is 33.4 Å². The van der Waals surface area contributed by atoms with E-state index in [2.05, 4.69) is 4.74 Å². The molecule has 0 spiro atoms. The lowest BCUT2D eigenvalue weighted by molar-refractivity contribution is -0.461. The van der Waals surface area contributed by atoms with Crippen LogP contribution in [-0.4, -0.2) is 99.9 Å². The fraction of sp³-hybridized carbons (Fsp3) is 0.394. The molecule has 520 valence electrons. The second-order valence-electron chi connectivity index (χ2n) is 22.3. The largest absolute Gasteiger partial charge is 0.494 e. The van der Waals surface area contributed by atoms with Crippen molar-refractivity contribution in [3.8, 4) is 67.9 Å². The second-order valence-corrected chi connectivity index (χ2v) is 22.3. The van der Waals surface area contributed by atoms with Gasteiger partial charge in [0.2, 0.25) is 5.75 Å². The summed E-state index contributed by atoms with van der Waals surface area (Å²) in [5.41, 5.74) is 5.46. The molecule has 0 saturated heterocycles. The summed E-state index contributed by atoms with van der Waals surface area (Å²) >= 11 is 0. The summed E-state index contributed by atoms with van der Waals surface area (Å²) in [5.74, 6) is -58.0. The smallest absolute Gasteiger partial charge is 0.460 e. The van der Waals surface area contributed by atoms with E-state index in [4.69, 9.17) is 28.4 Å². The number of carbonyl (C=O) groups is 1. The van der Waals surface area contributed by atoms with Crippen molar-refractivity contribution in [2.75, 3.05) is 46.2 Å². The van der Waals surface area contributed by atoms with Crippen LogP contribution >= 0.6 is 0 Å². The summed E-state index contributed by atoms with van der Waals surface area (Å²) in [5, 5.41) is 0. The maximum Gasteiger partial charge on any atom is 0.460 e. The Bertz CT molecular complexity index is 3350. The molecule has 25 heteroatoms. The van der Waals surface area contributed by atoms with Gasteiger partial charge in [0.05, 0.1) is 58.2 Å². The zero-order valence-electron chi connectivity index (χ0n) is 51.6. The molecular weight excluding hydrogens is 1300 g/mol. The van der Waals surface area contributed by atoms with E-state index in [9.17, 15) is 79.4 Å². The van der Waals surface area contributed by atoms with Gasteiger partial charge in [0, 0.05) is 0 Å². The Labute approximate surface area is 543 Å². The van der Waals surface area contributed by atoms with E-state index in [1.165, 1.54) is 0 Å². The molecule has 0 radical (unpaired) electrons. The molecule has 7 rings (SSSR count). The van der Waals surface area contributed by atoms with E-state index in [1.54, 1.807) is 0 Å². The predicted molar refractivity (Wildman–Crippen MR) is 326 cm³/mol. The first kappa shape index (κ1) is 75.0. The highest BCUT2D eigenvalue weighted by Crippen LogP contribution is 2.64. The van der Waals surface area contributed by atoms with E-state index in [1.807, 2.05) is 164 Å². The van der Waals surface area contributed by atoms with Gasteiger partial charge in [-0.25, -0.2) is 4.79 Å². The molecule has 0 aromatic heterocycles. The van der Waals surface area contributed by atoms with Crippen molar-refractivity contribution in [3.05, 3.63) is 181 Å². The van der Waals surface area contributed by atoms with Gasteiger partial charge in [0.1, 0.15) is 17.2 Å². The highest BCUT2D eigenvalue weighted by molar-refractivity contribution is 5.91. The van der Waals surface area contributed by atoms with E-state index in [0.29, 0.717) is 114 Å². The summed E-state index contributed by atoms with van der Waals surface area (Å²) in [6, 6.07) is 53.8. The van der Waals surface area contributed by atoms with E-state index >= 15 is 0 Å². The van der Waals surface area contributed by atoms with Gasteiger partial charge in [-0.2, -0.15) is 74.6 Å². The highest BCUT2D eigenvalue weighted by atomic mass is 19.4. The molecule has 7 aromatic rings. The third-order valence-corrected chi connectivity index (χ3v) is 15.3. The molecule has 0 fully saturated rings. The summed E-state index contributed by atoms with van der Waals surface area (Å²) in [6.07, 6.45) is -4.05. The van der Waals surface area contributed by atoms with Gasteiger partial charge in [-0.05, 0) is 159 Å². The molecule has 0 bridgehead atoms. The average molecular weight is 1370 g/mol. The van der Waals surface area contributed by atoms with Gasteiger partial charge in [-0.1, -0.05) is 127 Å². The predicted octanol–water partition coefficient (Wildman–Crippen LogP) is 21.3. The number of alkyl halides is 17. The van der Waals surface area contributed by atoms with Crippen LogP contribution < -0.4 is 28.4 Å². The molecule has 0 aliphatic heterocycles. The van der Waals surface area contributed by atoms with Crippen molar-refractivity contribution in [1.29, 1.82) is 0 Å². The maximum absolute atomic E-state index is 15.0. The molecule has 0 aliphatic carbocycles. The third kappa shape index (κ3) is 18.8. The zero-order valence-corrected chi connectivity index (χ0v) is 51.6. The Morgan fingerprint density at radius 2 is 0.552 bits per heavy atom. The van der Waals surface area contributed by atoms with E-state index < -0.39 is 72.2 Å². The first-order chi connectivity index (χ1) is 45.5. The summed E-state index contributed by atoms with van der Waals surface area (Å²) < 4.78 is 279. The lowest BCUT2D eigenvalue weighted by atomic mass is 9.88. The molecular formula is C71H69F17O8. The summed E-state index contributed by atoms with van der Waals surface area (Å²) in [4.78, 5) is 13.6. The quantitative estimate of drug-likeness (QED) is 0.0213. The molecule has 0 amide bonds. The van der Waals surface area contributed by atoms with Crippen molar-refractivity contribution in [2.24, 2.45) is 0 Å². The van der Waals surface area contributed by atoms with Gasteiger partial charge >= 0.3 is 53.6 Å². The molecule has 96 heavy (non-hydrogen) atoms. The fourth-order valence-electron chi connectivity index (χ4n) is 9.66. The number of ether oxygens (including phenoxy) is 7. The number of esters is 1. The number of hydrogen-bond acceptors (Lipinski definition) is 8. The lowest BCUT2D eigenvalue weighted by Gasteiger charge is -2.42. The van der Waals surface area contributed by atoms with Crippen molar-refractivity contribution in [2.45, 2.75) is 131 Å². The standard InChI is InChI=1S/C71H69F17O8/c72-64(73,65(74,75)66(76,77)67(78,79)68(80,81)69(82,83)70(84,85)71(86,87)88)40-47-96-63(89)56-48-60(93-44-19-4-1-16-41-90-57-34-28-53(29-35-57)50-22-10-7-11-23-50)62(95-46-21-6-3-18-43-92-59-38-32-55(33-39-59)52-26-14-9-15-27-52)61(49-56)94-45-20-5-2-17-42-91-58-36-30-54(31-37-58)51-24-12-8-13-25-51/h7-15,22-39,48-49H,1-6,16-21,40-47H2. The average Bonchev–Trinajstić information content (AvgIpc) is 0.697. The Morgan fingerprint density at radius 1 is 0.281 bits per heavy atom. The van der Waals surface area contributed by atoms with Gasteiger partial charge in [0.15, 0.2) is 11.5 Å². The third-order valence-electron chi connectivity index (χ3n) is 15.3. The number of hydrogen-bond donors (Lipinski definition) is 0. The Balaban J connectivity index is 1.02. The molecule has 7 aromatic carbocycles. The minimum atomic E-state index is -8.78. The summed E-state index contributed by atoms with van der Waals surface area (Å²) in [6.45, 7) is -1.14. The van der Waals surface area contributed by atoms with Gasteiger partial charge in [0.25, 0.3) is 0 Å². The van der Waals surface area contributed by atoms with E-state index in [0.717, 1.165) is 45.5 Å². The second kappa shape index (κ2) is 33.5. The van der Waals surface area contributed by atoms with Crippen LogP contribution in [0, 0.1) is 0 Å². The van der Waals surface area contributed by atoms with Crippen LogP contribution in [0.3, 0.4) is 0 Å². The molecule has 8 nitrogen and oxygen atoms in total.